The van der Waals surface area contributed by atoms with Gasteiger partial charge in [-0.05, 0) is 30.7 Å². The van der Waals surface area contributed by atoms with Gasteiger partial charge in [0.2, 0.25) is 0 Å². The molecule has 27 heavy (non-hydrogen) atoms. The van der Waals surface area contributed by atoms with Crippen LogP contribution in [0.2, 0.25) is 0 Å². The third kappa shape index (κ3) is 2.36. The number of anilines is 1. The van der Waals surface area contributed by atoms with Gasteiger partial charge >= 0.3 is 0 Å². The van der Waals surface area contributed by atoms with Gasteiger partial charge in [0.25, 0.3) is 0 Å². The maximum Gasteiger partial charge on any atom is 0.180 e. The van der Waals surface area contributed by atoms with E-state index in [1.165, 1.54) is 12.1 Å². The minimum Gasteiger partial charge on any atom is -0.381 e. The van der Waals surface area contributed by atoms with Crippen molar-refractivity contribution in [3.63, 3.8) is 0 Å². The van der Waals surface area contributed by atoms with E-state index in [1.54, 1.807) is 18.5 Å². The van der Waals surface area contributed by atoms with Gasteiger partial charge < -0.3 is 10.1 Å². The number of pyridine rings is 1. The van der Waals surface area contributed by atoms with Crippen LogP contribution in [0.5, 0.6) is 0 Å². The molecule has 7 heteroatoms. The van der Waals surface area contributed by atoms with Gasteiger partial charge in [0.15, 0.2) is 11.5 Å². The molecule has 4 heterocycles. The molecule has 0 aliphatic rings. The Morgan fingerprint density at radius 3 is 2.67 bits per heavy atom. The van der Waals surface area contributed by atoms with Crippen LogP contribution >= 0.6 is 0 Å². The standard InChI is InChI=1S/C20H15FN6/c1-12-9-14(11-26-7-5-23-19(12)26)17-16(13-3-2-4-15(21)10-13)25-18(22)20-24-6-8-27(17)20/h2-11H,1H3,(H2,22,25). The number of hydrogen-bond donors (Lipinski definition) is 1. The van der Waals surface area contributed by atoms with Crippen molar-refractivity contribution >= 4 is 17.1 Å². The van der Waals surface area contributed by atoms with Crippen molar-refractivity contribution in [1.29, 1.82) is 0 Å². The van der Waals surface area contributed by atoms with Crippen molar-refractivity contribution in [1.82, 2.24) is 23.8 Å². The summed E-state index contributed by atoms with van der Waals surface area (Å²) in [6.45, 7) is 2.00. The largest absolute Gasteiger partial charge is 0.381 e. The van der Waals surface area contributed by atoms with Crippen molar-refractivity contribution in [2.75, 3.05) is 5.73 Å². The van der Waals surface area contributed by atoms with Crippen molar-refractivity contribution in [2.45, 2.75) is 6.92 Å². The van der Waals surface area contributed by atoms with Gasteiger partial charge in [-0.2, -0.15) is 0 Å². The van der Waals surface area contributed by atoms with Crippen LogP contribution in [0.4, 0.5) is 10.2 Å². The maximum absolute atomic E-state index is 13.9. The predicted molar refractivity (Wildman–Crippen MR) is 102 cm³/mol. The molecule has 0 aliphatic carbocycles. The first-order valence-corrected chi connectivity index (χ1v) is 8.44. The number of nitrogens with two attached hydrogens (primary N) is 1. The summed E-state index contributed by atoms with van der Waals surface area (Å²) >= 11 is 0. The second-order valence-corrected chi connectivity index (χ2v) is 6.40. The topological polar surface area (TPSA) is 73.5 Å². The highest BCUT2D eigenvalue weighted by Crippen LogP contribution is 2.34. The average Bonchev–Trinajstić information content (AvgIpc) is 3.31. The lowest BCUT2D eigenvalue weighted by molar-refractivity contribution is 0.628. The van der Waals surface area contributed by atoms with E-state index in [0.29, 0.717) is 22.7 Å². The molecule has 1 aromatic carbocycles. The van der Waals surface area contributed by atoms with Crippen molar-refractivity contribution in [3.8, 4) is 22.5 Å². The zero-order valence-corrected chi connectivity index (χ0v) is 14.5. The molecule has 0 saturated heterocycles. The third-order valence-electron chi connectivity index (χ3n) is 4.61. The molecule has 5 rings (SSSR count). The molecule has 0 unspecified atom stereocenters. The van der Waals surface area contributed by atoms with Gasteiger partial charge in [0.1, 0.15) is 11.5 Å². The smallest absolute Gasteiger partial charge is 0.180 e. The quantitative estimate of drug-likeness (QED) is 0.522. The lowest BCUT2D eigenvalue weighted by Crippen LogP contribution is -2.04. The molecule has 0 bridgehead atoms. The molecule has 0 spiro atoms. The van der Waals surface area contributed by atoms with Crippen LogP contribution in [0.15, 0.2) is 61.3 Å². The summed E-state index contributed by atoms with van der Waals surface area (Å²) in [6, 6.07) is 8.38. The molecular formula is C20H15FN6. The van der Waals surface area contributed by atoms with Gasteiger partial charge in [0, 0.05) is 42.1 Å². The third-order valence-corrected chi connectivity index (χ3v) is 4.61. The van der Waals surface area contributed by atoms with Gasteiger partial charge in [-0.15, -0.1) is 0 Å². The fraction of sp³-hybridized carbons (Fsp3) is 0.0500. The molecule has 132 valence electrons. The summed E-state index contributed by atoms with van der Waals surface area (Å²) in [5.74, 6) is -0.0331. The predicted octanol–water partition coefficient (Wildman–Crippen LogP) is 3.74. The van der Waals surface area contributed by atoms with Crippen LogP contribution in [-0.4, -0.2) is 23.8 Å². The lowest BCUT2D eigenvalue weighted by atomic mass is 10.0. The first kappa shape index (κ1) is 15.5. The highest BCUT2D eigenvalue weighted by Gasteiger charge is 2.18. The molecule has 0 aliphatic heterocycles. The number of aromatic nitrogens is 5. The van der Waals surface area contributed by atoms with E-state index in [-0.39, 0.29) is 5.82 Å². The second kappa shape index (κ2) is 5.63. The Hall–Kier alpha value is -3.74. The number of benzene rings is 1. The molecule has 0 atom stereocenters. The number of rotatable bonds is 2. The van der Waals surface area contributed by atoms with Crippen LogP contribution in [0.3, 0.4) is 0 Å². The SMILES string of the molecule is Cc1cc(-c2c(-c3cccc(F)c3)nc(N)c3nccn23)cn2ccnc12. The number of imidazole rings is 2. The molecule has 6 nitrogen and oxygen atoms in total. The molecular weight excluding hydrogens is 343 g/mol. The second-order valence-electron chi connectivity index (χ2n) is 6.40. The lowest BCUT2D eigenvalue weighted by Gasteiger charge is -2.15. The van der Waals surface area contributed by atoms with Crippen molar-refractivity contribution in [3.05, 3.63) is 72.7 Å². The zero-order valence-electron chi connectivity index (χ0n) is 14.5. The van der Waals surface area contributed by atoms with E-state index in [2.05, 4.69) is 15.0 Å². The molecule has 4 aromatic heterocycles. The highest BCUT2D eigenvalue weighted by molar-refractivity contribution is 5.83. The van der Waals surface area contributed by atoms with E-state index < -0.39 is 0 Å². The van der Waals surface area contributed by atoms with Gasteiger partial charge in [0.05, 0.1) is 11.4 Å². The number of halogens is 1. The molecule has 5 aromatic rings. The van der Waals surface area contributed by atoms with E-state index >= 15 is 0 Å². The van der Waals surface area contributed by atoms with Crippen LogP contribution in [0, 0.1) is 12.7 Å². The van der Waals surface area contributed by atoms with Gasteiger partial charge in [-0.1, -0.05) is 12.1 Å². The Bertz CT molecular complexity index is 1320. The molecule has 0 amide bonds. The van der Waals surface area contributed by atoms with E-state index in [9.17, 15) is 4.39 Å². The van der Waals surface area contributed by atoms with Crippen LogP contribution < -0.4 is 5.73 Å². The summed E-state index contributed by atoms with van der Waals surface area (Å²) in [5, 5.41) is 0. The molecule has 0 radical (unpaired) electrons. The Labute approximate surface area is 153 Å². The fourth-order valence-electron chi connectivity index (χ4n) is 3.46. The van der Waals surface area contributed by atoms with E-state index in [1.807, 2.05) is 46.4 Å². The normalized spacial score (nSPS) is 11.5. The van der Waals surface area contributed by atoms with Crippen molar-refractivity contribution in [2.24, 2.45) is 0 Å². The number of fused-ring (bicyclic) bond motifs is 2. The van der Waals surface area contributed by atoms with Crippen LogP contribution in [0.25, 0.3) is 33.8 Å². The summed E-state index contributed by atoms with van der Waals surface area (Å²) in [7, 11) is 0. The summed E-state index contributed by atoms with van der Waals surface area (Å²) in [4.78, 5) is 13.2. The number of nitrogen functional groups attached to an aromatic ring is 1. The molecule has 0 saturated carbocycles. The average molecular weight is 358 g/mol. The molecule has 0 fully saturated rings. The monoisotopic (exact) mass is 358 g/mol. The first-order chi connectivity index (χ1) is 13.1. The summed E-state index contributed by atoms with van der Waals surface area (Å²) in [5.41, 5.74) is 11.5. The Morgan fingerprint density at radius 2 is 1.81 bits per heavy atom. The van der Waals surface area contributed by atoms with Gasteiger partial charge in [-0.25, -0.2) is 19.3 Å². The number of aryl methyl sites for hydroxylation is 1. The number of nitrogens with zero attached hydrogens (tertiary/aromatic N) is 5. The minimum absolute atomic E-state index is 0.295. The first-order valence-electron chi connectivity index (χ1n) is 8.44. The van der Waals surface area contributed by atoms with E-state index in [4.69, 9.17) is 5.73 Å². The Morgan fingerprint density at radius 1 is 1.00 bits per heavy atom. The summed E-state index contributed by atoms with van der Waals surface area (Å²) in [6.07, 6.45) is 9.13. The Balaban J connectivity index is 1.90. The fourth-order valence-corrected chi connectivity index (χ4v) is 3.46. The highest BCUT2D eigenvalue weighted by atomic mass is 19.1. The zero-order chi connectivity index (χ0) is 18.5. The summed E-state index contributed by atoms with van der Waals surface area (Å²) < 4.78 is 17.7. The van der Waals surface area contributed by atoms with E-state index in [0.717, 1.165) is 22.5 Å². The van der Waals surface area contributed by atoms with Gasteiger partial charge in [-0.3, -0.25) is 4.40 Å². The van der Waals surface area contributed by atoms with Crippen LogP contribution in [-0.2, 0) is 0 Å². The Kier molecular flexibility index (Phi) is 3.24. The van der Waals surface area contributed by atoms with Crippen molar-refractivity contribution < 1.29 is 4.39 Å². The minimum atomic E-state index is -0.328. The molecule has 2 N–H and O–H groups in total. The number of hydrogen-bond acceptors (Lipinski definition) is 4. The van der Waals surface area contributed by atoms with Crippen LogP contribution in [0.1, 0.15) is 5.56 Å². The maximum atomic E-state index is 13.9.